The van der Waals surface area contributed by atoms with E-state index in [1.165, 1.54) is 0 Å². The van der Waals surface area contributed by atoms with Crippen LogP contribution in [0.2, 0.25) is 0 Å². The first-order valence-corrected chi connectivity index (χ1v) is 13.2. The van der Waals surface area contributed by atoms with Crippen LogP contribution >= 0.6 is 95.6 Å². The molecule has 2 nitrogen and oxygen atoms in total. The highest BCUT2D eigenvalue weighted by Crippen LogP contribution is 2.38. The zero-order valence-electron chi connectivity index (χ0n) is 12.5. The third-order valence-electron chi connectivity index (χ3n) is 3.28. The molecule has 136 valence electrons. The second kappa shape index (κ2) is 8.74. The van der Waals surface area contributed by atoms with Gasteiger partial charge in [-0.1, -0.05) is 120 Å². The van der Waals surface area contributed by atoms with Crippen LogP contribution in [0.3, 0.4) is 0 Å². The Hall–Kier alpha value is 1.27. The molecule has 0 heterocycles. The second-order valence-electron chi connectivity index (χ2n) is 5.38. The fraction of sp³-hybridized carbons (Fsp3) is 0.250. The number of alkyl halides is 6. The van der Waals surface area contributed by atoms with E-state index in [-0.39, 0.29) is 9.79 Å². The van der Waals surface area contributed by atoms with Crippen molar-refractivity contribution in [3.05, 3.63) is 59.7 Å². The quantitative estimate of drug-likeness (QED) is 0.309. The predicted molar refractivity (Wildman–Crippen MR) is 125 cm³/mol. The molecule has 0 bridgehead atoms. The average molecular weight is 748 g/mol. The summed E-state index contributed by atoms with van der Waals surface area (Å²) in [5.74, 6) is 0. The van der Waals surface area contributed by atoms with Crippen molar-refractivity contribution < 1.29 is 8.42 Å². The molecule has 0 N–H and O–H groups in total. The lowest BCUT2D eigenvalue weighted by atomic mass is 10.2. The van der Waals surface area contributed by atoms with E-state index < -0.39 is 14.1 Å². The number of halogens is 6. The molecule has 0 unspecified atom stereocenters. The Labute approximate surface area is 198 Å². The molecule has 0 amide bonds. The number of hydrogen-bond acceptors (Lipinski definition) is 2. The smallest absolute Gasteiger partial charge is 0.206 e. The highest BCUT2D eigenvalue weighted by molar-refractivity contribution is 9.39. The van der Waals surface area contributed by atoms with Crippen LogP contribution in [0, 0.1) is 0 Å². The van der Waals surface area contributed by atoms with Gasteiger partial charge in [-0.25, -0.2) is 8.42 Å². The molecule has 9 heteroatoms. The Morgan fingerprint density at radius 3 is 1.12 bits per heavy atom. The molecule has 0 aromatic heterocycles. The van der Waals surface area contributed by atoms with Crippen molar-refractivity contribution in [2.24, 2.45) is 0 Å². The van der Waals surface area contributed by atoms with Crippen LogP contribution in [0.4, 0.5) is 0 Å². The van der Waals surface area contributed by atoms with Crippen molar-refractivity contribution in [2.75, 3.05) is 0 Å². The largest absolute Gasteiger partial charge is 0.219 e. The van der Waals surface area contributed by atoms with Gasteiger partial charge in [-0.3, -0.25) is 0 Å². The van der Waals surface area contributed by atoms with Crippen LogP contribution in [0.25, 0.3) is 0 Å². The van der Waals surface area contributed by atoms with E-state index in [9.17, 15) is 8.42 Å². The van der Waals surface area contributed by atoms with Gasteiger partial charge in [0.25, 0.3) is 0 Å². The Balaban J connectivity index is 2.23. The van der Waals surface area contributed by atoms with Gasteiger partial charge in [0.15, 0.2) is 0 Å². The van der Waals surface area contributed by atoms with Crippen LogP contribution in [0.5, 0.6) is 0 Å². The van der Waals surface area contributed by atoms with E-state index in [0.717, 1.165) is 11.1 Å². The predicted octanol–water partition coefficient (Wildman–Crippen LogP) is 7.28. The van der Waals surface area contributed by atoms with Crippen LogP contribution in [0.1, 0.15) is 11.1 Å². The average Bonchev–Trinajstić information content (AvgIpc) is 2.45. The number of sulfone groups is 1. The molecule has 2 rings (SSSR count). The molecule has 0 aliphatic carbocycles. The monoisotopic (exact) mass is 742 g/mol. The number of benzene rings is 2. The summed E-state index contributed by atoms with van der Waals surface area (Å²) in [7, 11) is -3.53. The SMILES string of the molecule is O=S(=O)(c1ccc(CC(Br)(Br)Br)cc1)c1ccc(CC(Br)(Br)Br)cc1. The maximum Gasteiger partial charge on any atom is 0.206 e. The van der Waals surface area contributed by atoms with E-state index in [2.05, 4.69) is 95.6 Å². The summed E-state index contributed by atoms with van der Waals surface area (Å²) in [5.41, 5.74) is 2.01. The topological polar surface area (TPSA) is 34.1 Å². The van der Waals surface area contributed by atoms with Gasteiger partial charge >= 0.3 is 0 Å². The van der Waals surface area contributed by atoms with Gasteiger partial charge in [-0.15, -0.1) is 0 Å². The van der Waals surface area contributed by atoms with Crippen LogP contribution in [-0.4, -0.2) is 12.7 Å². The van der Waals surface area contributed by atoms with E-state index in [1.54, 1.807) is 24.3 Å². The van der Waals surface area contributed by atoms with Gasteiger partial charge in [-0.05, 0) is 35.4 Å². The molecule has 0 atom stereocenters. The Morgan fingerprint density at radius 2 is 0.880 bits per heavy atom. The zero-order chi connectivity index (χ0) is 18.9. The van der Waals surface area contributed by atoms with Crippen molar-refractivity contribution in [1.29, 1.82) is 0 Å². The summed E-state index contributed by atoms with van der Waals surface area (Å²) in [6.45, 7) is 0. The first-order chi connectivity index (χ1) is 11.4. The number of hydrogen-bond donors (Lipinski definition) is 0. The molecule has 0 aliphatic rings. The minimum absolute atomic E-state index is 0.282. The summed E-state index contributed by atoms with van der Waals surface area (Å²) >= 11 is 20.7. The van der Waals surface area contributed by atoms with Gasteiger partial charge in [0.05, 0.1) is 9.79 Å². The summed E-state index contributed by atoms with van der Waals surface area (Å²) in [5, 5.41) is 0. The Kier molecular flexibility index (Phi) is 7.89. The summed E-state index contributed by atoms with van der Waals surface area (Å²) < 4.78 is 24.8. The van der Waals surface area contributed by atoms with Crippen LogP contribution < -0.4 is 0 Å². The maximum atomic E-state index is 12.8. The lowest BCUT2D eigenvalue weighted by Crippen LogP contribution is -2.07. The molecule has 0 spiro atoms. The van der Waals surface area contributed by atoms with E-state index in [1.807, 2.05) is 24.3 Å². The van der Waals surface area contributed by atoms with Gasteiger partial charge in [0.1, 0.15) is 4.29 Å². The fourth-order valence-corrected chi connectivity index (χ4v) is 5.38. The minimum Gasteiger partial charge on any atom is -0.219 e. The second-order valence-corrected chi connectivity index (χ2v) is 21.8. The Bertz CT molecular complexity index is 753. The lowest BCUT2D eigenvalue weighted by molar-refractivity contribution is 0.596. The van der Waals surface area contributed by atoms with Crippen molar-refractivity contribution in [3.8, 4) is 0 Å². The minimum atomic E-state index is -3.53. The Morgan fingerprint density at radius 1 is 0.600 bits per heavy atom. The lowest BCUT2D eigenvalue weighted by Gasteiger charge is -2.13. The molecular formula is C16H12Br6O2S. The van der Waals surface area contributed by atoms with E-state index in [0.29, 0.717) is 12.8 Å². The fourth-order valence-electron chi connectivity index (χ4n) is 2.17. The van der Waals surface area contributed by atoms with Gasteiger partial charge in [0.2, 0.25) is 9.84 Å². The van der Waals surface area contributed by atoms with Crippen molar-refractivity contribution in [2.45, 2.75) is 26.9 Å². The third-order valence-corrected chi connectivity index (χ3v) is 6.74. The van der Waals surface area contributed by atoms with Gasteiger partial charge in [-0.2, -0.15) is 0 Å². The number of rotatable bonds is 4. The highest BCUT2D eigenvalue weighted by atomic mass is 80.0. The molecule has 0 aliphatic heterocycles. The first-order valence-electron chi connectivity index (χ1n) is 6.93. The normalized spacial score (nSPS) is 13.0. The molecule has 0 saturated carbocycles. The van der Waals surface area contributed by atoms with Crippen molar-refractivity contribution in [1.82, 2.24) is 0 Å². The third kappa shape index (κ3) is 7.31. The summed E-state index contributed by atoms with van der Waals surface area (Å²) in [6, 6.07) is 13.8. The van der Waals surface area contributed by atoms with Crippen LogP contribution in [-0.2, 0) is 22.7 Å². The first kappa shape index (κ1) is 22.6. The molecule has 2 aromatic rings. The molecule has 25 heavy (non-hydrogen) atoms. The van der Waals surface area contributed by atoms with E-state index in [4.69, 9.17) is 0 Å². The highest BCUT2D eigenvalue weighted by Gasteiger charge is 2.22. The maximum absolute atomic E-state index is 12.8. The molecule has 0 fully saturated rings. The van der Waals surface area contributed by atoms with Crippen molar-refractivity contribution >= 4 is 105 Å². The van der Waals surface area contributed by atoms with Gasteiger partial charge in [0, 0.05) is 12.8 Å². The molecular weight excluding hydrogens is 736 g/mol. The molecule has 0 radical (unpaired) electrons. The standard InChI is InChI=1S/C16H12Br6O2S/c17-15(18,19)9-11-1-5-13(6-2-11)25(23,24)14-7-3-12(4-8-14)10-16(20,21)22/h1-8H,9-10H2. The summed E-state index contributed by atoms with van der Waals surface area (Å²) in [4.78, 5) is 0.563. The molecule has 2 aromatic carbocycles. The van der Waals surface area contributed by atoms with Gasteiger partial charge < -0.3 is 0 Å². The summed E-state index contributed by atoms with van der Waals surface area (Å²) in [6.07, 6.45) is 1.32. The van der Waals surface area contributed by atoms with E-state index >= 15 is 0 Å². The molecule has 0 saturated heterocycles. The van der Waals surface area contributed by atoms with Crippen molar-refractivity contribution in [3.63, 3.8) is 0 Å². The zero-order valence-corrected chi connectivity index (χ0v) is 22.9. The van der Waals surface area contributed by atoms with Crippen LogP contribution in [0.15, 0.2) is 58.3 Å².